The van der Waals surface area contributed by atoms with E-state index in [0.717, 1.165) is 103 Å². The monoisotopic (exact) mass is 992 g/mol. The van der Waals surface area contributed by atoms with E-state index in [1.54, 1.807) is 0 Å². The summed E-state index contributed by atoms with van der Waals surface area (Å²) < 4.78 is 22.6. The number of hydrogen-bond donors (Lipinski definition) is 0. The van der Waals surface area contributed by atoms with Gasteiger partial charge in [-0.2, -0.15) is 0 Å². The number of unbranched alkanes of at least 4 members (excludes halogenated alkanes) is 20. The molecule has 0 radical (unpaired) electrons. The van der Waals surface area contributed by atoms with E-state index in [9.17, 15) is 19.5 Å². The van der Waals surface area contributed by atoms with Gasteiger partial charge >= 0.3 is 11.9 Å². The third-order valence-electron chi connectivity index (χ3n) is 11.8. The van der Waals surface area contributed by atoms with Crippen molar-refractivity contribution in [2.45, 2.75) is 232 Å². The molecular weight excluding hydrogens is 887 g/mol. The summed E-state index contributed by atoms with van der Waals surface area (Å²) in [5, 5.41) is 11.8. The Morgan fingerprint density at radius 2 is 0.803 bits per heavy atom. The number of quaternary nitrogens is 1. The second-order valence-corrected chi connectivity index (χ2v) is 19.8. The third kappa shape index (κ3) is 53.8. The minimum Gasteiger partial charge on any atom is -0.545 e. The number of carbonyl (C=O) groups is 3. The second kappa shape index (κ2) is 52.5. The number of carboxylic acids is 1. The fraction of sp³-hybridized carbons (Fsp3) is 0.694. The van der Waals surface area contributed by atoms with Crippen molar-refractivity contribution in [3.63, 3.8) is 0 Å². The SMILES string of the molecule is CC/C=C\C/C=C\C/C=C\C/C=C\C/C=C\C/C=C\CCCCCCCCCCCCCCC(=O)OC(COC(=O)CCCCCCC/C=C\C/C=C\CCCCC)COC(OCC[N+](C)(C)C)C(=O)[O-]. The average Bonchev–Trinajstić information content (AvgIpc) is 3.34. The van der Waals surface area contributed by atoms with Crippen LogP contribution in [0.4, 0.5) is 0 Å². The Morgan fingerprint density at radius 1 is 0.437 bits per heavy atom. The smallest absolute Gasteiger partial charge is 0.306 e. The van der Waals surface area contributed by atoms with Crippen LogP contribution in [0.2, 0.25) is 0 Å². The lowest BCUT2D eigenvalue weighted by Gasteiger charge is -2.26. The quantitative estimate of drug-likeness (QED) is 0.0195. The van der Waals surface area contributed by atoms with Gasteiger partial charge in [0.05, 0.1) is 40.3 Å². The topological polar surface area (TPSA) is 111 Å². The van der Waals surface area contributed by atoms with Crippen LogP contribution < -0.4 is 5.11 Å². The molecule has 0 spiro atoms. The zero-order valence-corrected chi connectivity index (χ0v) is 46.1. The molecule has 0 aliphatic rings. The molecule has 0 heterocycles. The number of nitrogens with zero attached hydrogens (tertiary/aromatic N) is 1. The van der Waals surface area contributed by atoms with Crippen LogP contribution in [-0.4, -0.2) is 82.3 Å². The highest BCUT2D eigenvalue weighted by atomic mass is 16.7. The standard InChI is InChI=1S/C62H105NO8/c1-6-8-10-12-14-16-18-20-22-23-24-25-26-27-28-29-30-31-32-33-34-35-36-37-39-41-43-45-47-49-51-53-60(65)71-58(57-70-62(61(66)67)68-55-54-63(3,4)5)56-69-59(64)52-50-48-46-44-42-40-38-21-19-17-15-13-11-9-7-2/h8,10,14-17,20-22,24-25,27-28,30-31,38,58,62H,6-7,9,11-13,18-19,23,26,29,32-37,39-57H2,1-5H3/b10-8-,16-14-,17-15-,22-20-,25-24-,28-27-,31-30-,38-21-. The first kappa shape index (κ1) is 67.2. The molecule has 0 aromatic carbocycles. The maximum Gasteiger partial charge on any atom is 0.306 e. The van der Waals surface area contributed by atoms with Crippen molar-refractivity contribution >= 4 is 17.9 Å². The molecule has 0 rings (SSSR count). The predicted molar refractivity (Wildman–Crippen MR) is 297 cm³/mol. The van der Waals surface area contributed by atoms with Crippen LogP contribution in [0.15, 0.2) is 97.2 Å². The number of esters is 2. The van der Waals surface area contributed by atoms with Crippen molar-refractivity contribution < 1.29 is 42.9 Å². The summed E-state index contributed by atoms with van der Waals surface area (Å²) in [7, 11) is 5.91. The zero-order valence-electron chi connectivity index (χ0n) is 46.1. The maximum absolute atomic E-state index is 12.9. The molecule has 2 unspecified atom stereocenters. The van der Waals surface area contributed by atoms with Gasteiger partial charge in [-0.05, 0) is 96.3 Å². The summed E-state index contributed by atoms with van der Waals surface area (Å²) in [6.07, 6.45) is 67.4. The van der Waals surface area contributed by atoms with Gasteiger partial charge in [0.25, 0.3) is 0 Å². The van der Waals surface area contributed by atoms with Gasteiger partial charge in [0, 0.05) is 12.8 Å². The highest BCUT2D eigenvalue weighted by molar-refractivity contribution is 5.70. The summed E-state index contributed by atoms with van der Waals surface area (Å²) in [5.41, 5.74) is 0. The van der Waals surface area contributed by atoms with Crippen LogP contribution in [0.5, 0.6) is 0 Å². The first-order valence-electron chi connectivity index (χ1n) is 28.4. The van der Waals surface area contributed by atoms with Gasteiger partial charge in [-0.3, -0.25) is 9.59 Å². The summed E-state index contributed by atoms with van der Waals surface area (Å²) in [6.45, 7) is 4.58. The van der Waals surface area contributed by atoms with E-state index in [4.69, 9.17) is 18.9 Å². The second-order valence-electron chi connectivity index (χ2n) is 19.8. The van der Waals surface area contributed by atoms with E-state index in [-0.39, 0.29) is 38.6 Å². The largest absolute Gasteiger partial charge is 0.545 e. The molecule has 0 aromatic rings. The molecule has 0 saturated heterocycles. The van der Waals surface area contributed by atoms with Crippen molar-refractivity contribution in [3.05, 3.63) is 97.2 Å². The Labute approximate surface area is 435 Å². The van der Waals surface area contributed by atoms with Crippen LogP contribution in [-0.2, 0) is 33.3 Å². The van der Waals surface area contributed by atoms with Crippen LogP contribution in [0.3, 0.4) is 0 Å². The number of rotatable bonds is 51. The summed E-state index contributed by atoms with van der Waals surface area (Å²) in [4.78, 5) is 37.2. The van der Waals surface area contributed by atoms with Crippen molar-refractivity contribution in [1.82, 2.24) is 0 Å². The van der Waals surface area contributed by atoms with Gasteiger partial charge in [-0.1, -0.05) is 207 Å². The lowest BCUT2D eigenvalue weighted by Crippen LogP contribution is -2.44. The van der Waals surface area contributed by atoms with Crippen LogP contribution in [0.1, 0.15) is 219 Å². The van der Waals surface area contributed by atoms with Crippen LogP contribution in [0.25, 0.3) is 0 Å². The number of allylic oxidation sites excluding steroid dienone is 16. The van der Waals surface area contributed by atoms with E-state index in [1.165, 1.54) is 83.5 Å². The average molecular weight is 993 g/mol. The number of hydrogen-bond acceptors (Lipinski definition) is 8. The Hall–Kier alpha value is -3.79. The van der Waals surface area contributed by atoms with Gasteiger partial charge in [0.1, 0.15) is 13.2 Å². The molecule has 0 fully saturated rings. The van der Waals surface area contributed by atoms with Crippen LogP contribution >= 0.6 is 0 Å². The first-order chi connectivity index (χ1) is 34.6. The fourth-order valence-electron chi connectivity index (χ4n) is 7.45. The van der Waals surface area contributed by atoms with E-state index in [1.807, 2.05) is 21.1 Å². The first-order valence-corrected chi connectivity index (χ1v) is 28.4. The number of ether oxygens (including phenoxy) is 4. The highest BCUT2D eigenvalue weighted by Crippen LogP contribution is 2.15. The minimum absolute atomic E-state index is 0.141. The molecule has 0 aromatic heterocycles. The Bertz CT molecular complexity index is 1480. The molecule has 0 saturated carbocycles. The van der Waals surface area contributed by atoms with Gasteiger partial charge in [-0.15, -0.1) is 0 Å². The molecular formula is C62H105NO8. The Morgan fingerprint density at radius 3 is 1.20 bits per heavy atom. The Balaban J connectivity index is 4.22. The number of carboxylic acid groups (broad SMARTS) is 1. The van der Waals surface area contributed by atoms with Crippen molar-refractivity contribution in [2.75, 3.05) is 47.5 Å². The fourth-order valence-corrected chi connectivity index (χ4v) is 7.45. The number of aliphatic carboxylic acids is 1. The van der Waals surface area contributed by atoms with E-state index >= 15 is 0 Å². The molecule has 0 bridgehead atoms. The van der Waals surface area contributed by atoms with Gasteiger partial charge in [0.15, 0.2) is 12.4 Å². The van der Waals surface area contributed by atoms with Gasteiger partial charge < -0.3 is 33.3 Å². The molecule has 9 nitrogen and oxygen atoms in total. The molecule has 71 heavy (non-hydrogen) atoms. The van der Waals surface area contributed by atoms with Crippen molar-refractivity contribution in [2.24, 2.45) is 0 Å². The molecule has 0 amide bonds. The third-order valence-corrected chi connectivity index (χ3v) is 11.8. The van der Waals surface area contributed by atoms with E-state index in [0.29, 0.717) is 17.4 Å². The lowest BCUT2D eigenvalue weighted by atomic mass is 10.0. The summed E-state index contributed by atoms with van der Waals surface area (Å²) in [5.74, 6) is -2.31. The molecule has 0 aliphatic heterocycles. The molecule has 9 heteroatoms. The van der Waals surface area contributed by atoms with E-state index in [2.05, 4.69) is 111 Å². The molecule has 406 valence electrons. The molecule has 0 aliphatic carbocycles. The van der Waals surface area contributed by atoms with E-state index < -0.39 is 24.3 Å². The van der Waals surface area contributed by atoms with Crippen LogP contribution in [0, 0.1) is 0 Å². The number of carbonyl (C=O) groups excluding carboxylic acids is 3. The molecule has 0 N–H and O–H groups in total. The normalized spacial score (nSPS) is 13.5. The number of likely N-dealkylation sites (N-methyl/N-ethyl adjacent to an activating group) is 1. The lowest BCUT2D eigenvalue weighted by molar-refractivity contribution is -0.870. The Kier molecular flexibility index (Phi) is 49.7. The van der Waals surface area contributed by atoms with Gasteiger partial charge in [0.2, 0.25) is 0 Å². The predicted octanol–water partition coefficient (Wildman–Crippen LogP) is 15.2. The summed E-state index contributed by atoms with van der Waals surface area (Å²) >= 11 is 0. The summed E-state index contributed by atoms with van der Waals surface area (Å²) in [6, 6.07) is 0. The highest BCUT2D eigenvalue weighted by Gasteiger charge is 2.22. The van der Waals surface area contributed by atoms with Crippen molar-refractivity contribution in [3.8, 4) is 0 Å². The molecule has 2 atom stereocenters. The minimum atomic E-state index is -1.63. The van der Waals surface area contributed by atoms with Crippen molar-refractivity contribution in [1.29, 1.82) is 0 Å². The zero-order chi connectivity index (χ0) is 52.0. The maximum atomic E-state index is 12.9. The van der Waals surface area contributed by atoms with Gasteiger partial charge in [-0.25, -0.2) is 0 Å².